The molecule has 0 aliphatic heterocycles. The molecule has 2 N–H and O–H groups in total. The highest BCUT2D eigenvalue weighted by Crippen LogP contribution is 2.31. The van der Waals surface area contributed by atoms with Gasteiger partial charge in [0.1, 0.15) is 0 Å². The summed E-state index contributed by atoms with van der Waals surface area (Å²) in [5.74, 6) is 0.656. The lowest BCUT2D eigenvalue weighted by molar-refractivity contribution is 0.0744. The van der Waals surface area contributed by atoms with Crippen molar-refractivity contribution in [2.24, 2.45) is 5.92 Å². The summed E-state index contributed by atoms with van der Waals surface area (Å²) in [4.78, 5) is 0. The van der Waals surface area contributed by atoms with Gasteiger partial charge in [-0.25, -0.2) is 8.78 Å². The zero-order valence-electron chi connectivity index (χ0n) is 8.60. The number of halogens is 2. The summed E-state index contributed by atoms with van der Waals surface area (Å²) in [6.07, 6.45) is 1.29. The van der Waals surface area contributed by atoms with Gasteiger partial charge in [0.2, 0.25) is 0 Å². The summed E-state index contributed by atoms with van der Waals surface area (Å²) in [5.41, 5.74) is -0.442. The fourth-order valence-corrected chi connectivity index (χ4v) is 2.00. The Kier molecular flexibility index (Phi) is 4.26. The summed E-state index contributed by atoms with van der Waals surface area (Å²) >= 11 is 0. The van der Waals surface area contributed by atoms with Crippen LogP contribution in [0.5, 0.6) is 0 Å². The van der Waals surface area contributed by atoms with Crippen LogP contribution < -0.4 is 5.32 Å². The lowest BCUT2D eigenvalue weighted by Crippen LogP contribution is -2.52. The summed E-state index contributed by atoms with van der Waals surface area (Å²) in [6.45, 7) is 1.82. The van der Waals surface area contributed by atoms with Crippen molar-refractivity contribution >= 4 is 0 Å². The number of aliphatic hydroxyl groups is 1. The Balaban J connectivity index is 2.41. The maximum Gasteiger partial charge on any atom is 0.250 e. The summed E-state index contributed by atoms with van der Waals surface area (Å²) < 4.78 is 24.1. The SMILES string of the molecule is CC1CCC(CO)(NCC(F)F)CC1. The first-order valence-corrected chi connectivity index (χ1v) is 5.22. The van der Waals surface area contributed by atoms with Gasteiger partial charge in [-0.15, -0.1) is 0 Å². The number of hydrogen-bond acceptors (Lipinski definition) is 2. The van der Waals surface area contributed by atoms with Crippen LogP contribution in [0, 0.1) is 5.92 Å². The van der Waals surface area contributed by atoms with Gasteiger partial charge in [-0.05, 0) is 31.6 Å². The van der Waals surface area contributed by atoms with Crippen molar-refractivity contribution < 1.29 is 13.9 Å². The second kappa shape index (κ2) is 5.03. The average molecular weight is 207 g/mol. The third kappa shape index (κ3) is 3.17. The van der Waals surface area contributed by atoms with Crippen LogP contribution in [-0.2, 0) is 0 Å². The molecule has 0 heterocycles. The van der Waals surface area contributed by atoms with E-state index >= 15 is 0 Å². The number of nitrogens with one attached hydrogen (secondary N) is 1. The van der Waals surface area contributed by atoms with E-state index in [-0.39, 0.29) is 13.2 Å². The third-order valence-corrected chi connectivity index (χ3v) is 3.17. The van der Waals surface area contributed by atoms with E-state index in [4.69, 9.17) is 0 Å². The van der Waals surface area contributed by atoms with Gasteiger partial charge in [-0.3, -0.25) is 0 Å². The molecule has 0 spiro atoms. The second-order valence-electron chi connectivity index (χ2n) is 4.39. The molecule has 1 fully saturated rings. The fourth-order valence-electron chi connectivity index (χ4n) is 2.00. The highest BCUT2D eigenvalue weighted by Gasteiger charge is 2.33. The van der Waals surface area contributed by atoms with Gasteiger partial charge in [-0.2, -0.15) is 0 Å². The van der Waals surface area contributed by atoms with E-state index in [2.05, 4.69) is 12.2 Å². The van der Waals surface area contributed by atoms with Crippen molar-refractivity contribution in [1.29, 1.82) is 0 Å². The Hall–Kier alpha value is -0.220. The first-order chi connectivity index (χ1) is 6.58. The largest absolute Gasteiger partial charge is 0.394 e. The number of aliphatic hydroxyl groups excluding tert-OH is 1. The van der Waals surface area contributed by atoms with Gasteiger partial charge in [0.25, 0.3) is 6.43 Å². The monoisotopic (exact) mass is 207 g/mol. The van der Waals surface area contributed by atoms with Gasteiger partial charge in [0, 0.05) is 5.54 Å². The van der Waals surface area contributed by atoms with E-state index in [0.717, 1.165) is 25.7 Å². The summed E-state index contributed by atoms with van der Waals surface area (Å²) in [6, 6.07) is 0. The molecule has 1 saturated carbocycles. The maximum atomic E-state index is 12.0. The molecule has 0 atom stereocenters. The molecule has 0 bridgehead atoms. The van der Waals surface area contributed by atoms with Gasteiger partial charge < -0.3 is 10.4 Å². The molecule has 0 aromatic heterocycles. The van der Waals surface area contributed by atoms with Crippen molar-refractivity contribution in [1.82, 2.24) is 5.32 Å². The highest BCUT2D eigenvalue weighted by molar-refractivity contribution is 4.91. The molecule has 84 valence electrons. The molecule has 14 heavy (non-hydrogen) atoms. The normalized spacial score (nSPS) is 33.6. The van der Waals surface area contributed by atoms with E-state index in [1.165, 1.54) is 0 Å². The zero-order valence-corrected chi connectivity index (χ0v) is 8.60. The zero-order chi connectivity index (χ0) is 10.6. The third-order valence-electron chi connectivity index (χ3n) is 3.17. The lowest BCUT2D eigenvalue weighted by atomic mass is 9.77. The van der Waals surface area contributed by atoms with Crippen LogP contribution in [0.25, 0.3) is 0 Å². The molecule has 0 saturated heterocycles. The lowest BCUT2D eigenvalue weighted by Gasteiger charge is -2.38. The molecule has 2 nitrogen and oxygen atoms in total. The van der Waals surface area contributed by atoms with E-state index in [9.17, 15) is 13.9 Å². The minimum Gasteiger partial charge on any atom is -0.394 e. The Morgan fingerprint density at radius 1 is 1.43 bits per heavy atom. The van der Waals surface area contributed by atoms with Crippen molar-refractivity contribution in [2.75, 3.05) is 13.2 Å². The van der Waals surface area contributed by atoms with Gasteiger partial charge >= 0.3 is 0 Å². The van der Waals surface area contributed by atoms with E-state index in [0.29, 0.717) is 5.92 Å². The second-order valence-corrected chi connectivity index (χ2v) is 4.39. The van der Waals surface area contributed by atoms with E-state index < -0.39 is 12.0 Å². The van der Waals surface area contributed by atoms with Crippen LogP contribution >= 0.6 is 0 Å². The number of alkyl halides is 2. The minimum atomic E-state index is -2.34. The number of rotatable bonds is 4. The molecule has 0 aromatic carbocycles. The predicted octanol–water partition coefficient (Wildman–Crippen LogP) is 1.78. The van der Waals surface area contributed by atoms with Crippen molar-refractivity contribution in [3.8, 4) is 0 Å². The molecule has 0 amide bonds. The van der Waals surface area contributed by atoms with Crippen molar-refractivity contribution in [2.45, 2.75) is 44.6 Å². The standard InChI is InChI=1S/C10H19F2NO/c1-8-2-4-10(7-14,5-3-8)13-6-9(11)12/h8-9,13-14H,2-7H2,1H3. The Labute approximate surface area is 83.7 Å². The smallest absolute Gasteiger partial charge is 0.250 e. The Morgan fingerprint density at radius 2 is 2.00 bits per heavy atom. The molecule has 0 aromatic rings. The molecule has 0 radical (unpaired) electrons. The minimum absolute atomic E-state index is 0.0353. The molecule has 4 heteroatoms. The molecular formula is C10H19F2NO. The quantitative estimate of drug-likeness (QED) is 0.736. The topological polar surface area (TPSA) is 32.3 Å². The first-order valence-electron chi connectivity index (χ1n) is 5.22. The van der Waals surface area contributed by atoms with E-state index in [1.807, 2.05) is 0 Å². The molecule has 1 aliphatic rings. The molecule has 0 unspecified atom stereocenters. The number of hydrogen-bond donors (Lipinski definition) is 2. The van der Waals surface area contributed by atoms with Crippen LogP contribution in [0.4, 0.5) is 8.78 Å². The van der Waals surface area contributed by atoms with Crippen molar-refractivity contribution in [3.05, 3.63) is 0 Å². The average Bonchev–Trinajstić information content (AvgIpc) is 2.18. The molecule has 1 aliphatic carbocycles. The van der Waals surface area contributed by atoms with Crippen LogP contribution in [0.1, 0.15) is 32.6 Å². The predicted molar refractivity (Wildman–Crippen MR) is 51.5 cm³/mol. The highest BCUT2D eigenvalue weighted by atomic mass is 19.3. The van der Waals surface area contributed by atoms with Gasteiger partial charge in [0.15, 0.2) is 0 Å². The van der Waals surface area contributed by atoms with Crippen LogP contribution in [0.3, 0.4) is 0 Å². The first kappa shape index (κ1) is 11.9. The van der Waals surface area contributed by atoms with Gasteiger partial charge in [0.05, 0.1) is 13.2 Å². The summed E-state index contributed by atoms with van der Waals surface area (Å²) in [7, 11) is 0. The molecular weight excluding hydrogens is 188 g/mol. The fraction of sp³-hybridized carbons (Fsp3) is 1.00. The maximum absolute atomic E-state index is 12.0. The van der Waals surface area contributed by atoms with Crippen LogP contribution in [-0.4, -0.2) is 30.2 Å². The van der Waals surface area contributed by atoms with Crippen molar-refractivity contribution in [3.63, 3.8) is 0 Å². The van der Waals surface area contributed by atoms with Crippen LogP contribution in [0.15, 0.2) is 0 Å². The van der Waals surface area contributed by atoms with Crippen LogP contribution in [0.2, 0.25) is 0 Å². The van der Waals surface area contributed by atoms with Gasteiger partial charge in [-0.1, -0.05) is 6.92 Å². The Bertz CT molecular complexity index is 168. The molecule has 1 rings (SSSR count). The summed E-state index contributed by atoms with van der Waals surface area (Å²) in [5, 5.41) is 12.0. The Morgan fingerprint density at radius 3 is 2.43 bits per heavy atom. The van der Waals surface area contributed by atoms with E-state index in [1.54, 1.807) is 0 Å².